The Morgan fingerprint density at radius 1 is 0.914 bits per heavy atom. The predicted octanol–water partition coefficient (Wildman–Crippen LogP) is 4.55. The summed E-state index contributed by atoms with van der Waals surface area (Å²) in [5.41, 5.74) is 3.92. The monoisotopic (exact) mass is 492 g/mol. The maximum atomic E-state index is 12.9. The highest BCUT2D eigenvalue weighted by atomic mass is 32.2. The van der Waals surface area contributed by atoms with Crippen LogP contribution < -0.4 is 9.80 Å². The third-order valence-electron chi connectivity index (χ3n) is 6.32. The van der Waals surface area contributed by atoms with E-state index in [2.05, 4.69) is 36.0 Å². The van der Waals surface area contributed by atoms with Crippen molar-refractivity contribution in [3.63, 3.8) is 0 Å². The van der Waals surface area contributed by atoms with E-state index >= 15 is 0 Å². The van der Waals surface area contributed by atoms with Gasteiger partial charge < -0.3 is 9.80 Å². The maximum Gasteiger partial charge on any atom is 0.183 e. The topological polar surface area (TPSA) is 95.1 Å². The van der Waals surface area contributed by atoms with Crippen LogP contribution in [0.3, 0.4) is 0 Å². The van der Waals surface area contributed by atoms with E-state index < -0.39 is 14.6 Å². The summed E-state index contributed by atoms with van der Waals surface area (Å²) >= 11 is 0. The standard InChI is InChI=1S/C25H28N6O2S.CH4/c1-25(2,3)34(32,33)21-6-4-5-20(14-21)30-9-11-31(12-10-30)24-22-13-18(19-15-28-29-16-19)7-8-23(22)26-17-27-24;/h4-8,13-17H,9-12H2,1-3H3,(H,28,29);1H4. The molecule has 1 aliphatic rings. The van der Waals surface area contributed by atoms with Gasteiger partial charge in [0.25, 0.3) is 0 Å². The zero-order valence-electron chi connectivity index (χ0n) is 19.6. The maximum absolute atomic E-state index is 12.9. The van der Waals surface area contributed by atoms with Crippen LogP contribution in [0.2, 0.25) is 0 Å². The molecule has 5 rings (SSSR count). The summed E-state index contributed by atoms with van der Waals surface area (Å²) in [6.07, 6.45) is 5.29. The van der Waals surface area contributed by atoms with Crippen LogP contribution in [0, 0.1) is 0 Å². The molecule has 0 unspecified atom stereocenters. The summed E-state index contributed by atoms with van der Waals surface area (Å²) in [7, 11) is -3.40. The lowest BCUT2D eigenvalue weighted by Crippen LogP contribution is -2.47. The van der Waals surface area contributed by atoms with Crippen molar-refractivity contribution in [3.8, 4) is 11.1 Å². The van der Waals surface area contributed by atoms with Crippen molar-refractivity contribution in [1.82, 2.24) is 20.2 Å². The fraction of sp³-hybridized carbons (Fsp3) is 0.346. The van der Waals surface area contributed by atoms with Crippen molar-refractivity contribution >= 4 is 32.2 Å². The average molecular weight is 493 g/mol. The van der Waals surface area contributed by atoms with Crippen LogP contribution in [-0.4, -0.2) is 59.5 Å². The highest BCUT2D eigenvalue weighted by molar-refractivity contribution is 7.92. The second-order valence-corrected chi connectivity index (χ2v) is 12.2. The van der Waals surface area contributed by atoms with Crippen LogP contribution in [0.4, 0.5) is 11.5 Å². The number of fused-ring (bicyclic) bond motifs is 1. The number of anilines is 2. The Balaban J connectivity index is 0.00000289. The highest BCUT2D eigenvalue weighted by Gasteiger charge is 2.31. The normalized spacial score (nSPS) is 14.7. The van der Waals surface area contributed by atoms with Gasteiger partial charge in [0, 0.05) is 49.0 Å². The SMILES string of the molecule is C.CC(C)(C)S(=O)(=O)c1cccc(N2CCN(c3ncnc4ccc(-c5cn[nH]c5)cc34)CC2)c1. The van der Waals surface area contributed by atoms with E-state index in [0.717, 1.165) is 59.7 Å². The Bertz CT molecular complexity index is 1420. The van der Waals surface area contributed by atoms with Gasteiger partial charge in [-0.05, 0) is 56.7 Å². The number of aromatic nitrogens is 4. The molecule has 0 radical (unpaired) electrons. The molecule has 3 heterocycles. The minimum absolute atomic E-state index is 0. The second-order valence-electron chi connectivity index (χ2n) is 9.50. The van der Waals surface area contributed by atoms with E-state index in [1.807, 2.05) is 30.5 Å². The molecule has 35 heavy (non-hydrogen) atoms. The van der Waals surface area contributed by atoms with Gasteiger partial charge in [0.1, 0.15) is 12.1 Å². The number of nitrogens with one attached hydrogen (secondary N) is 1. The number of nitrogens with zero attached hydrogens (tertiary/aromatic N) is 5. The van der Waals surface area contributed by atoms with Crippen molar-refractivity contribution in [1.29, 1.82) is 0 Å². The van der Waals surface area contributed by atoms with Crippen LogP contribution in [0.1, 0.15) is 28.2 Å². The molecule has 0 bridgehead atoms. The third kappa shape index (κ3) is 4.60. The zero-order chi connectivity index (χ0) is 23.9. The fourth-order valence-electron chi connectivity index (χ4n) is 4.26. The number of hydrogen-bond acceptors (Lipinski definition) is 7. The van der Waals surface area contributed by atoms with E-state index in [4.69, 9.17) is 0 Å². The third-order valence-corrected chi connectivity index (χ3v) is 8.81. The minimum atomic E-state index is -3.40. The lowest BCUT2D eigenvalue weighted by molar-refractivity contribution is 0.560. The second kappa shape index (κ2) is 9.30. The first-order valence-electron chi connectivity index (χ1n) is 11.3. The van der Waals surface area contributed by atoms with Crippen molar-refractivity contribution in [2.24, 2.45) is 0 Å². The van der Waals surface area contributed by atoms with E-state index in [1.54, 1.807) is 45.4 Å². The number of rotatable bonds is 4. The lowest BCUT2D eigenvalue weighted by Gasteiger charge is -2.37. The summed E-state index contributed by atoms with van der Waals surface area (Å²) in [6.45, 7) is 8.29. The predicted molar refractivity (Wildman–Crippen MR) is 142 cm³/mol. The first kappa shape index (κ1) is 24.7. The highest BCUT2D eigenvalue weighted by Crippen LogP contribution is 2.31. The summed E-state index contributed by atoms with van der Waals surface area (Å²) in [5, 5.41) is 7.92. The van der Waals surface area contributed by atoms with Gasteiger partial charge in [0.05, 0.1) is 21.4 Å². The fourth-order valence-corrected chi connectivity index (χ4v) is 5.50. The molecule has 1 saturated heterocycles. The Hall–Kier alpha value is -3.46. The van der Waals surface area contributed by atoms with Gasteiger partial charge in [-0.2, -0.15) is 5.10 Å². The van der Waals surface area contributed by atoms with Gasteiger partial charge >= 0.3 is 0 Å². The summed E-state index contributed by atoms with van der Waals surface area (Å²) in [5.74, 6) is 0.916. The molecule has 8 nitrogen and oxygen atoms in total. The Labute approximate surface area is 206 Å². The van der Waals surface area contributed by atoms with E-state index in [0.29, 0.717) is 4.90 Å². The Morgan fingerprint density at radius 3 is 2.34 bits per heavy atom. The molecular formula is C26H32N6O2S. The summed E-state index contributed by atoms with van der Waals surface area (Å²) < 4.78 is 25.0. The van der Waals surface area contributed by atoms with Crippen LogP contribution in [0.15, 0.2) is 66.1 Å². The van der Waals surface area contributed by atoms with Gasteiger partial charge in [0.2, 0.25) is 0 Å². The van der Waals surface area contributed by atoms with Crippen molar-refractivity contribution in [3.05, 3.63) is 61.2 Å². The number of sulfone groups is 1. The molecule has 0 atom stereocenters. The van der Waals surface area contributed by atoms with Gasteiger partial charge in [-0.3, -0.25) is 5.10 Å². The van der Waals surface area contributed by atoms with Crippen molar-refractivity contribution in [2.45, 2.75) is 37.8 Å². The van der Waals surface area contributed by atoms with E-state index in [-0.39, 0.29) is 7.43 Å². The molecule has 9 heteroatoms. The molecule has 1 fully saturated rings. The first-order valence-corrected chi connectivity index (χ1v) is 12.8. The molecule has 0 spiro atoms. The van der Waals surface area contributed by atoms with Gasteiger partial charge in [0.15, 0.2) is 9.84 Å². The van der Waals surface area contributed by atoms with Crippen LogP contribution >= 0.6 is 0 Å². The van der Waals surface area contributed by atoms with E-state index in [1.165, 1.54) is 0 Å². The molecule has 0 saturated carbocycles. The Morgan fingerprint density at radius 2 is 1.66 bits per heavy atom. The van der Waals surface area contributed by atoms with Gasteiger partial charge in [-0.1, -0.05) is 19.6 Å². The Kier molecular flexibility index (Phi) is 6.55. The minimum Gasteiger partial charge on any atom is -0.368 e. The molecule has 2 aromatic carbocycles. The summed E-state index contributed by atoms with van der Waals surface area (Å²) in [4.78, 5) is 13.9. The number of benzene rings is 2. The molecular weight excluding hydrogens is 460 g/mol. The van der Waals surface area contributed by atoms with Crippen molar-refractivity contribution < 1.29 is 8.42 Å². The molecule has 2 aromatic heterocycles. The smallest absolute Gasteiger partial charge is 0.183 e. The van der Waals surface area contributed by atoms with Crippen LogP contribution in [0.25, 0.3) is 22.0 Å². The average Bonchev–Trinajstić information content (AvgIpc) is 3.38. The first-order chi connectivity index (χ1) is 16.2. The molecule has 0 amide bonds. The molecule has 1 N–H and O–H groups in total. The van der Waals surface area contributed by atoms with E-state index in [9.17, 15) is 8.42 Å². The zero-order valence-corrected chi connectivity index (χ0v) is 20.4. The number of H-pyrrole nitrogens is 1. The quantitative estimate of drug-likeness (QED) is 0.446. The van der Waals surface area contributed by atoms with Gasteiger partial charge in [-0.25, -0.2) is 18.4 Å². The number of aromatic amines is 1. The molecule has 0 aliphatic carbocycles. The summed E-state index contributed by atoms with van der Waals surface area (Å²) in [6, 6.07) is 13.5. The molecule has 4 aromatic rings. The van der Waals surface area contributed by atoms with Crippen molar-refractivity contribution in [2.75, 3.05) is 36.0 Å². The largest absolute Gasteiger partial charge is 0.368 e. The van der Waals surface area contributed by atoms with Crippen LogP contribution in [-0.2, 0) is 9.84 Å². The number of piperazine rings is 1. The number of hydrogen-bond donors (Lipinski definition) is 1. The molecule has 184 valence electrons. The van der Waals surface area contributed by atoms with Gasteiger partial charge in [-0.15, -0.1) is 0 Å². The molecule has 1 aliphatic heterocycles. The lowest BCUT2D eigenvalue weighted by atomic mass is 10.1. The van der Waals surface area contributed by atoms with Crippen LogP contribution in [0.5, 0.6) is 0 Å².